The van der Waals surface area contributed by atoms with Crippen molar-refractivity contribution in [3.05, 3.63) is 34.9 Å². The molecular weight excluding hydrogens is 372 g/mol. The Balaban J connectivity index is 1.25. The van der Waals surface area contributed by atoms with Crippen molar-refractivity contribution >= 4 is 23.6 Å². The van der Waals surface area contributed by atoms with Gasteiger partial charge in [0.1, 0.15) is 6.04 Å². The lowest BCUT2D eigenvalue weighted by Crippen LogP contribution is -2.54. The molecule has 1 aromatic rings. The van der Waals surface area contributed by atoms with Crippen molar-refractivity contribution in [2.45, 2.75) is 56.8 Å². The van der Waals surface area contributed by atoms with E-state index in [1.807, 2.05) is 6.07 Å². The van der Waals surface area contributed by atoms with Gasteiger partial charge in [-0.05, 0) is 55.8 Å². The van der Waals surface area contributed by atoms with Crippen LogP contribution in [0.3, 0.4) is 0 Å². The van der Waals surface area contributed by atoms with Crippen molar-refractivity contribution in [1.82, 2.24) is 20.9 Å². The van der Waals surface area contributed by atoms with Crippen LogP contribution < -0.4 is 16.0 Å². The summed E-state index contributed by atoms with van der Waals surface area (Å²) in [5, 5.41) is 9.33. The predicted molar refractivity (Wildman–Crippen MR) is 103 cm³/mol. The van der Waals surface area contributed by atoms with Crippen LogP contribution in [0, 0.1) is 5.92 Å². The molecule has 8 heteroatoms. The Morgan fingerprint density at radius 1 is 1.03 bits per heavy atom. The standard InChI is InChI=1S/C21H24N4O4/c26-18-6-5-17(19(27)24-18)25-20(28)14-3-1-11(7-15(14)21(25)29)9-22-10-12-8-13-2-4-16(12)23-13/h1,3,7,12-13,16-17,22-23H,2,4-6,8-10H2,(H,24,26,27). The van der Waals surface area contributed by atoms with Crippen LogP contribution in [-0.2, 0) is 16.1 Å². The first-order valence-corrected chi connectivity index (χ1v) is 10.3. The van der Waals surface area contributed by atoms with Crippen molar-refractivity contribution in [3.8, 4) is 0 Å². The molecule has 4 unspecified atom stereocenters. The summed E-state index contributed by atoms with van der Waals surface area (Å²) in [5.41, 5.74) is 1.59. The molecule has 29 heavy (non-hydrogen) atoms. The topological polar surface area (TPSA) is 108 Å². The van der Waals surface area contributed by atoms with E-state index >= 15 is 0 Å². The number of hydrogen-bond donors (Lipinski definition) is 3. The van der Waals surface area contributed by atoms with Crippen molar-refractivity contribution < 1.29 is 19.2 Å². The maximum absolute atomic E-state index is 12.9. The molecule has 3 fully saturated rings. The third-order valence-electron chi connectivity index (χ3n) is 6.67. The summed E-state index contributed by atoms with van der Waals surface area (Å²) in [6.45, 7) is 1.56. The normalized spacial score (nSPS) is 30.8. The smallest absolute Gasteiger partial charge is 0.262 e. The second-order valence-electron chi connectivity index (χ2n) is 8.50. The van der Waals surface area contributed by atoms with E-state index in [-0.39, 0.29) is 18.7 Å². The summed E-state index contributed by atoms with van der Waals surface area (Å²) in [6, 6.07) is 5.63. The Labute approximate surface area is 168 Å². The molecule has 0 aromatic heterocycles. The van der Waals surface area contributed by atoms with E-state index in [4.69, 9.17) is 0 Å². The number of imide groups is 2. The summed E-state index contributed by atoms with van der Waals surface area (Å²) in [6.07, 6.45) is 4.04. The summed E-state index contributed by atoms with van der Waals surface area (Å²) < 4.78 is 0. The number of piperidine rings is 1. The predicted octanol–water partition coefficient (Wildman–Crippen LogP) is 0.318. The number of amides is 4. The lowest BCUT2D eigenvalue weighted by molar-refractivity contribution is -0.136. The first-order chi connectivity index (χ1) is 14.0. The molecule has 3 saturated heterocycles. The van der Waals surface area contributed by atoms with Crippen LogP contribution in [0.15, 0.2) is 18.2 Å². The van der Waals surface area contributed by atoms with Gasteiger partial charge in [-0.1, -0.05) is 6.07 Å². The average molecular weight is 396 g/mol. The van der Waals surface area contributed by atoms with Gasteiger partial charge in [0.05, 0.1) is 11.1 Å². The third-order valence-corrected chi connectivity index (χ3v) is 6.67. The average Bonchev–Trinajstić information content (AvgIpc) is 3.38. The second kappa shape index (κ2) is 7.03. The Morgan fingerprint density at radius 2 is 1.86 bits per heavy atom. The fourth-order valence-corrected chi connectivity index (χ4v) is 5.19. The number of hydrogen-bond acceptors (Lipinski definition) is 6. The van der Waals surface area contributed by atoms with Gasteiger partial charge in [-0.15, -0.1) is 0 Å². The molecule has 4 aliphatic heterocycles. The van der Waals surface area contributed by atoms with Crippen LogP contribution in [0.4, 0.5) is 0 Å². The van der Waals surface area contributed by atoms with Gasteiger partial charge in [0.2, 0.25) is 11.8 Å². The highest BCUT2D eigenvalue weighted by Gasteiger charge is 2.44. The van der Waals surface area contributed by atoms with E-state index in [1.165, 1.54) is 19.3 Å². The number of rotatable bonds is 5. The van der Waals surface area contributed by atoms with Crippen LogP contribution in [0.25, 0.3) is 0 Å². The molecule has 8 nitrogen and oxygen atoms in total. The SMILES string of the molecule is O=C1CCC(N2C(=O)c3ccc(CNCC4CC5CCC4N5)cc3C2=O)C(=O)N1. The molecule has 0 saturated carbocycles. The first kappa shape index (κ1) is 18.4. The lowest BCUT2D eigenvalue weighted by Gasteiger charge is -2.27. The Hall–Kier alpha value is -2.58. The Morgan fingerprint density at radius 3 is 2.59 bits per heavy atom. The maximum atomic E-state index is 12.9. The summed E-state index contributed by atoms with van der Waals surface area (Å²) in [5.74, 6) is -1.24. The van der Waals surface area contributed by atoms with Gasteiger partial charge < -0.3 is 10.6 Å². The summed E-state index contributed by atoms with van der Waals surface area (Å²) in [4.78, 5) is 50.1. The molecule has 4 amide bonds. The van der Waals surface area contributed by atoms with Crippen LogP contribution >= 0.6 is 0 Å². The van der Waals surface area contributed by atoms with Crippen LogP contribution in [0.5, 0.6) is 0 Å². The van der Waals surface area contributed by atoms with E-state index in [9.17, 15) is 19.2 Å². The number of carbonyl (C=O) groups excluding carboxylic acids is 4. The monoisotopic (exact) mass is 396 g/mol. The minimum absolute atomic E-state index is 0.122. The molecule has 152 valence electrons. The highest BCUT2D eigenvalue weighted by molar-refractivity contribution is 6.23. The van der Waals surface area contributed by atoms with Gasteiger partial charge in [-0.25, -0.2) is 0 Å². The van der Waals surface area contributed by atoms with Crippen molar-refractivity contribution in [2.24, 2.45) is 5.92 Å². The quantitative estimate of drug-likeness (QED) is 0.619. The number of nitrogens with zero attached hydrogens (tertiary/aromatic N) is 1. The molecule has 4 aliphatic rings. The fourth-order valence-electron chi connectivity index (χ4n) is 5.19. The highest BCUT2D eigenvalue weighted by Crippen LogP contribution is 2.33. The van der Waals surface area contributed by atoms with Crippen LogP contribution in [-0.4, -0.2) is 53.2 Å². The van der Waals surface area contributed by atoms with Gasteiger partial charge in [-0.2, -0.15) is 0 Å². The lowest BCUT2D eigenvalue weighted by atomic mass is 9.89. The van der Waals surface area contributed by atoms with Gasteiger partial charge in [0, 0.05) is 25.0 Å². The minimum atomic E-state index is -0.924. The van der Waals surface area contributed by atoms with Crippen LogP contribution in [0.2, 0.25) is 0 Å². The van der Waals surface area contributed by atoms with Crippen molar-refractivity contribution in [2.75, 3.05) is 6.54 Å². The van der Waals surface area contributed by atoms with Crippen molar-refractivity contribution in [1.29, 1.82) is 0 Å². The first-order valence-electron chi connectivity index (χ1n) is 10.3. The summed E-state index contributed by atoms with van der Waals surface area (Å²) >= 11 is 0. The van der Waals surface area contributed by atoms with Gasteiger partial charge >= 0.3 is 0 Å². The van der Waals surface area contributed by atoms with Crippen molar-refractivity contribution in [3.63, 3.8) is 0 Å². The zero-order chi connectivity index (χ0) is 20.1. The number of fused-ring (bicyclic) bond motifs is 3. The Bertz CT molecular complexity index is 914. The van der Waals surface area contributed by atoms with E-state index in [0.29, 0.717) is 35.7 Å². The highest BCUT2D eigenvalue weighted by atomic mass is 16.2. The molecule has 4 atom stereocenters. The van der Waals surface area contributed by atoms with E-state index in [1.54, 1.807) is 12.1 Å². The van der Waals surface area contributed by atoms with Gasteiger partial charge in [0.25, 0.3) is 11.8 Å². The fraction of sp³-hybridized carbons (Fsp3) is 0.524. The molecule has 0 spiro atoms. The molecule has 0 radical (unpaired) electrons. The molecule has 0 aliphatic carbocycles. The third kappa shape index (κ3) is 3.16. The second-order valence-corrected chi connectivity index (χ2v) is 8.50. The zero-order valence-corrected chi connectivity index (χ0v) is 16.1. The molecule has 3 N–H and O–H groups in total. The van der Waals surface area contributed by atoms with Gasteiger partial charge in [-0.3, -0.25) is 29.4 Å². The maximum Gasteiger partial charge on any atom is 0.262 e. The number of benzene rings is 1. The van der Waals surface area contributed by atoms with E-state index in [0.717, 1.165) is 17.0 Å². The number of nitrogens with one attached hydrogen (secondary N) is 3. The van der Waals surface area contributed by atoms with Gasteiger partial charge in [0.15, 0.2) is 0 Å². The molecular formula is C21H24N4O4. The number of carbonyl (C=O) groups is 4. The minimum Gasteiger partial charge on any atom is -0.312 e. The summed E-state index contributed by atoms with van der Waals surface area (Å²) in [7, 11) is 0. The molecule has 4 heterocycles. The Kier molecular flexibility index (Phi) is 4.48. The molecule has 5 rings (SSSR count). The van der Waals surface area contributed by atoms with E-state index in [2.05, 4.69) is 16.0 Å². The molecule has 1 aromatic carbocycles. The van der Waals surface area contributed by atoms with E-state index < -0.39 is 23.8 Å². The largest absolute Gasteiger partial charge is 0.312 e. The zero-order valence-electron chi connectivity index (χ0n) is 16.1. The molecule has 2 bridgehead atoms. The van der Waals surface area contributed by atoms with Crippen LogP contribution in [0.1, 0.15) is 58.4 Å².